The molecule has 0 amide bonds. The van der Waals surface area contributed by atoms with Gasteiger partial charge in [-0.3, -0.25) is 33.6 Å². The number of hydrogen-bond donors (Lipinski definition) is 3. The van der Waals surface area contributed by atoms with Gasteiger partial charge in [-0.2, -0.15) is 0 Å². The predicted octanol–water partition coefficient (Wildman–Crippen LogP) is 27.5. The third-order valence-electron chi connectivity index (χ3n) is 20.4. The molecule has 4 aliphatic heterocycles. The first-order valence-electron chi connectivity index (χ1n) is 39.9. The molecular weight excluding hydrogens is 1740 g/mol. The molecule has 0 saturated heterocycles. The minimum Gasteiger partial charge on any atom is -0.508 e. The van der Waals surface area contributed by atoms with Crippen molar-refractivity contribution in [2.45, 2.75) is 253 Å². The molecule has 4 aliphatic rings. The van der Waals surface area contributed by atoms with E-state index in [0.29, 0.717) is 65.3 Å². The number of carbonyl (C=O) groups is 8. The molecule has 0 saturated carbocycles. The zero-order valence-electron chi connectivity index (χ0n) is 72.4. The van der Waals surface area contributed by atoms with Crippen LogP contribution in [0.15, 0.2) is 226 Å². The van der Waals surface area contributed by atoms with Crippen LogP contribution in [0.25, 0.3) is 6.08 Å². The minimum absolute atomic E-state index is 0. The molecule has 0 bridgehead atoms. The van der Waals surface area contributed by atoms with Crippen molar-refractivity contribution in [3.63, 3.8) is 0 Å². The van der Waals surface area contributed by atoms with Crippen molar-refractivity contribution in [3.8, 4) is 74.7 Å². The number of methoxy groups -OCH3 is 4. The molecule has 8 atom stereocenters. The fourth-order valence-corrected chi connectivity index (χ4v) is 13.6. The van der Waals surface area contributed by atoms with Crippen LogP contribution in [0.2, 0.25) is 0 Å². The number of aromatic hydroxyl groups is 2. The van der Waals surface area contributed by atoms with E-state index >= 15 is 0 Å². The van der Waals surface area contributed by atoms with Crippen LogP contribution < -0.4 is 58.3 Å². The monoisotopic (exact) mass is 1910 g/mol. The number of carbonyl (C=O) groups excluding carboxylic acids is 8. The van der Waals surface area contributed by atoms with Gasteiger partial charge >= 0.3 is 49.2 Å². The molecular formula is C112H168NO24+. The average molecular weight is 1910 g/mol. The van der Waals surface area contributed by atoms with Crippen molar-refractivity contribution in [2.24, 2.45) is 17.8 Å². The van der Waals surface area contributed by atoms with Crippen LogP contribution in [0, 0.1) is 17.8 Å². The molecule has 9 aromatic carbocycles. The van der Waals surface area contributed by atoms with Crippen LogP contribution in [-0.2, 0) is 73.5 Å². The molecule has 13 rings (SSSR count). The van der Waals surface area contributed by atoms with E-state index in [2.05, 4.69) is 57.4 Å². The van der Waals surface area contributed by atoms with E-state index in [4.69, 9.17) is 56.8 Å². The molecule has 0 radical (unpaired) electrons. The van der Waals surface area contributed by atoms with Crippen LogP contribution in [0.3, 0.4) is 0 Å². The zero-order chi connectivity index (χ0) is 87.7. The zero-order valence-corrected chi connectivity index (χ0v) is 71.4. The lowest BCUT2D eigenvalue weighted by Gasteiger charge is -2.26. The number of rotatable bonds is 30. The SMILES string of the molecule is C.C.C.C.C.C.C.C.C.C.C.C.C.C.C=CC(=O)Oc1ccc2c(c1)CC(=O)O2.C=COC.C=Cc1ccc(OC)cc1.CCC(CC(C)C(=O)Oc1ccc2c(c1)CC(=O)O2)c1ccc(O)cc1.CCC(CC(C)C(=O)Oc1ccc2c(c1)CC(=O)O2)c1ccc(OC)cc1.CCC(CC(CC(C)C(=O)Oc1ccc2c(c1)CC(=O)O2)c1ccc(O)cc1)c1ccc(OC(C)OC)cc1.N.O.[H+]. The summed E-state index contributed by atoms with van der Waals surface area (Å²) in [6.45, 7) is 24.0. The Morgan fingerprint density at radius 2 is 0.613 bits per heavy atom. The van der Waals surface area contributed by atoms with Gasteiger partial charge in [0.2, 0.25) is 0 Å². The van der Waals surface area contributed by atoms with E-state index < -0.39 is 5.97 Å². The normalized spacial score (nSPS) is 12.4. The Labute approximate surface area is 823 Å². The maximum Gasteiger partial charge on any atom is 1.00 e. The Kier molecular flexibility index (Phi) is 73.5. The van der Waals surface area contributed by atoms with Crippen LogP contribution in [0.5, 0.6) is 74.7 Å². The lowest BCUT2D eigenvalue weighted by Crippen LogP contribution is -2.21. The minimum atomic E-state index is -0.528. The highest BCUT2D eigenvalue weighted by molar-refractivity contribution is 5.86. The van der Waals surface area contributed by atoms with Crippen LogP contribution in [0.4, 0.5) is 0 Å². The van der Waals surface area contributed by atoms with Crippen molar-refractivity contribution >= 4 is 53.8 Å². The summed E-state index contributed by atoms with van der Waals surface area (Å²) in [5, 5.41) is 19.3. The van der Waals surface area contributed by atoms with Gasteiger partial charge in [0, 0.05) is 35.4 Å². The topological polar surface area (TPSA) is 364 Å². The highest BCUT2D eigenvalue weighted by atomic mass is 16.7. The summed E-state index contributed by atoms with van der Waals surface area (Å²) in [4.78, 5) is 94.1. The summed E-state index contributed by atoms with van der Waals surface area (Å²) in [5.74, 6) is 3.95. The van der Waals surface area contributed by atoms with E-state index in [9.17, 15) is 48.6 Å². The first kappa shape index (κ1) is 141. The first-order valence-corrected chi connectivity index (χ1v) is 39.9. The largest absolute Gasteiger partial charge is 1.00 e. The summed E-state index contributed by atoms with van der Waals surface area (Å²) < 4.78 is 67.1. The van der Waals surface area contributed by atoms with Crippen LogP contribution in [-0.4, -0.2) is 98.2 Å². The molecule has 0 aliphatic carbocycles. The fourth-order valence-electron chi connectivity index (χ4n) is 13.6. The van der Waals surface area contributed by atoms with Crippen LogP contribution >= 0.6 is 0 Å². The number of benzene rings is 9. The smallest absolute Gasteiger partial charge is 0.508 e. The molecule has 8 unspecified atom stereocenters. The molecule has 7 N–H and O–H groups in total. The van der Waals surface area contributed by atoms with Gasteiger partial charge in [-0.15, -0.1) is 0 Å². The highest BCUT2D eigenvalue weighted by Crippen LogP contribution is 2.40. The van der Waals surface area contributed by atoms with Crippen molar-refractivity contribution in [3.05, 3.63) is 276 Å². The Morgan fingerprint density at radius 1 is 0.365 bits per heavy atom. The Bertz CT molecular complexity index is 5020. The maximum atomic E-state index is 13.1. The van der Waals surface area contributed by atoms with Gasteiger partial charge in [-0.1, -0.05) is 232 Å². The van der Waals surface area contributed by atoms with E-state index in [1.807, 2.05) is 113 Å². The average Bonchev–Trinajstić information content (AvgIpc) is 1.72. The second-order valence-electron chi connectivity index (χ2n) is 29.1. The quantitative estimate of drug-likeness (QED) is 0.0124. The van der Waals surface area contributed by atoms with Crippen molar-refractivity contribution in [2.75, 3.05) is 28.4 Å². The number of phenols is 2. The van der Waals surface area contributed by atoms with E-state index in [-0.39, 0.29) is 244 Å². The van der Waals surface area contributed by atoms with Crippen LogP contribution in [0.1, 0.15) is 273 Å². The summed E-state index contributed by atoms with van der Waals surface area (Å²) in [6, 6.07) is 57.9. The molecule has 25 heteroatoms. The standard InChI is InChI=1S/C32H36O7.C22H24O5.C21H22O5.C11H8O4.C9H10O.C3H6O.14CH4.H3N.H2O/c1-5-22(23-8-12-28(13-9-23)37-21(3)36-4)17-25(24-6-10-27(33)11-7-24)16-20(2)32(35)38-29-14-15-30-26(18-29)19-31(34)39-30;1-4-15(16-5-7-18(25-3)8-6-16)11-14(2)22(24)26-19-9-10-20-17(12-19)13-21(23)27-20;1-3-14(15-4-6-17(22)7-5-15)10-13(2)21(24)25-18-8-9-19-16(11-18)12-20(23)26-19;1-2-10(12)14-8-3-4-9-7(5-8)6-11(13)15-9;1-3-8-4-6-9(10-2)7-5-8;1-3-4-2;;;;;;;;;;;;;;;;/h6-15,18,20-22,25,33H,5,16-17,19H2,1-4H3;5-10,12,14-15H,4,11,13H2,1-3H3;4-9,11,13-14,22H,3,10,12H2,1-2H3;2-5H,1,6H2;3-7H,1H2,2H3;3H,1H2,2H3;14*1H4;1H3;1H2/p+1. The van der Waals surface area contributed by atoms with Gasteiger partial charge in [-0.25, -0.2) is 4.79 Å². The molecule has 9 aromatic rings. The summed E-state index contributed by atoms with van der Waals surface area (Å²) in [7, 11) is 6.47. The second kappa shape index (κ2) is 71.2. The summed E-state index contributed by atoms with van der Waals surface area (Å²) >= 11 is 0. The lowest BCUT2D eigenvalue weighted by atomic mass is 9.79. The Hall–Kier alpha value is -13.4. The maximum absolute atomic E-state index is 13.1. The third-order valence-corrected chi connectivity index (χ3v) is 20.4. The first-order chi connectivity index (χ1) is 58.2. The molecule has 0 spiro atoms. The number of hydrogen-bond acceptors (Lipinski definition) is 24. The van der Waals surface area contributed by atoms with Gasteiger partial charge in [0.15, 0.2) is 6.29 Å². The highest BCUT2D eigenvalue weighted by Gasteiger charge is 2.30. The second-order valence-corrected chi connectivity index (χ2v) is 29.1. The summed E-state index contributed by atoms with van der Waals surface area (Å²) in [5.41, 5.74) is 8.60. The molecule has 0 fully saturated rings. The molecule has 4 heterocycles. The van der Waals surface area contributed by atoms with E-state index in [1.54, 1.807) is 132 Å². The molecule has 764 valence electrons. The van der Waals surface area contributed by atoms with Gasteiger partial charge in [0.25, 0.3) is 0 Å². The van der Waals surface area contributed by atoms with Crippen molar-refractivity contribution in [1.29, 1.82) is 0 Å². The van der Waals surface area contributed by atoms with Gasteiger partial charge in [-0.05, 0) is 237 Å². The lowest BCUT2D eigenvalue weighted by molar-refractivity contribution is -0.139. The van der Waals surface area contributed by atoms with Crippen molar-refractivity contribution < 1.29 is 117 Å². The molecule has 25 nitrogen and oxygen atoms in total. The van der Waals surface area contributed by atoms with Gasteiger partial charge in [0.1, 0.15) is 74.7 Å². The van der Waals surface area contributed by atoms with Crippen molar-refractivity contribution in [1.82, 2.24) is 6.15 Å². The molecule has 0 aromatic heterocycles. The fraction of sp³-hybridized carbons (Fsp3) is 0.393. The van der Waals surface area contributed by atoms with E-state index in [0.717, 1.165) is 88.0 Å². The number of fused-ring (bicyclic) bond motifs is 4. The molecule has 137 heavy (non-hydrogen) atoms. The number of phenolic OH excluding ortho intramolecular Hbond substituents is 2. The Balaban J connectivity index is -0.000000187. The summed E-state index contributed by atoms with van der Waals surface area (Å²) in [6.07, 6.45) is 10.3. The third kappa shape index (κ3) is 43.9. The number of esters is 8. The number of ether oxygens (including phenoxy) is 13. The predicted molar refractivity (Wildman–Crippen MR) is 561 cm³/mol. The Morgan fingerprint density at radius 3 is 0.876 bits per heavy atom. The van der Waals surface area contributed by atoms with Gasteiger partial charge < -0.3 is 83.4 Å². The van der Waals surface area contributed by atoms with Gasteiger partial charge in [0.05, 0.1) is 71.0 Å². The van der Waals surface area contributed by atoms with E-state index in [1.165, 1.54) is 17.4 Å².